The van der Waals surface area contributed by atoms with Crippen molar-refractivity contribution in [2.24, 2.45) is 0 Å². The highest BCUT2D eigenvalue weighted by Crippen LogP contribution is 2.39. The van der Waals surface area contributed by atoms with Gasteiger partial charge in [-0.05, 0) is 44.9 Å². The molecule has 0 aliphatic heterocycles. The lowest BCUT2D eigenvalue weighted by Crippen LogP contribution is -2.06. The van der Waals surface area contributed by atoms with Crippen LogP contribution >= 0.6 is 19.5 Å². The number of nitrogen functional groups attached to an aromatic ring is 1. The number of nitrogens with zero attached hydrogens (tertiary/aromatic N) is 3. The highest BCUT2D eigenvalue weighted by atomic mass is 32.1. The first-order chi connectivity index (χ1) is 13.4. The van der Waals surface area contributed by atoms with E-state index in [-0.39, 0.29) is 13.7 Å². The molecule has 3 aromatic rings. The Morgan fingerprint density at radius 3 is 2.75 bits per heavy atom. The number of pyridine rings is 1. The van der Waals surface area contributed by atoms with Crippen molar-refractivity contribution in [3.63, 3.8) is 0 Å². The van der Waals surface area contributed by atoms with E-state index in [4.69, 9.17) is 10.5 Å². The van der Waals surface area contributed by atoms with Crippen LogP contribution in [-0.4, -0.2) is 40.6 Å². The molecule has 2 aromatic heterocycles. The number of carbonyl (C=O) groups excluding carboxylic acids is 1. The van der Waals surface area contributed by atoms with Gasteiger partial charge in [0.15, 0.2) is 17.1 Å². The van der Waals surface area contributed by atoms with E-state index in [1.807, 2.05) is 25.1 Å². The molecule has 0 atom stereocenters. The SMILES string of the molecule is CCC(=O)c1cnc(N)cc1Nc1cccc(-c2nc(P(C)C)ns2)c1OC. The predicted octanol–water partition coefficient (Wildman–Crippen LogP) is 3.89. The van der Waals surface area contributed by atoms with Gasteiger partial charge in [-0.25, -0.2) is 9.97 Å². The Balaban J connectivity index is 2.04. The topological polar surface area (TPSA) is 103 Å². The number of hydrogen-bond acceptors (Lipinski definition) is 8. The summed E-state index contributed by atoms with van der Waals surface area (Å²) in [6.45, 7) is 6.06. The van der Waals surface area contributed by atoms with Gasteiger partial charge in [0.25, 0.3) is 0 Å². The zero-order chi connectivity index (χ0) is 20.3. The molecular weight excluding hydrogens is 393 g/mol. The molecule has 1 aromatic carbocycles. The van der Waals surface area contributed by atoms with Gasteiger partial charge in [0.2, 0.25) is 0 Å². The fraction of sp³-hybridized carbons (Fsp3) is 0.263. The molecule has 0 unspecified atom stereocenters. The number of carbonyl (C=O) groups is 1. The zero-order valence-electron chi connectivity index (χ0n) is 16.2. The van der Waals surface area contributed by atoms with Gasteiger partial charge in [0.1, 0.15) is 10.8 Å². The van der Waals surface area contributed by atoms with Crippen LogP contribution in [0, 0.1) is 0 Å². The highest BCUT2D eigenvalue weighted by Gasteiger charge is 2.18. The van der Waals surface area contributed by atoms with Crippen molar-refractivity contribution in [3.05, 3.63) is 36.0 Å². The molecule has 3 rings (SSSR count). The van der Waals surface area contributed by atoms with Crippen LogP contribution in [0.25, 0.3) is 10.6 Å². The smallest absolute Gasteiger partial charge is 0.166 e. The van der Waals surface area contributed by atoms with E-state index in [2.05, 4.69) is 33.0 Å². The Morgan fingerprint density at radius 2 is 2.11 bits per heavy atom. The molecule has 0 aliphatic rings. The van der Waals surface area contributed by atoms with E-state index < -0.39 is 0 Å². The normalized spacial score (nSPS) is 10.9. The molecule has 0 amide bonds. The molecule has 2 heterocycles. The number of methoxy groups -OCH3 is 1. The van der Waals surface area contributed by atoms with Crippen molar-refractivity contribution >= 4 is 48.0 Å². The summed E-state index contributed by atoms with van der Waals surface area (Å²) in [6.07, 6.45) is 1.88. The largest absolute Gasteiger partial charge is 0.494 e. The summed E-state index contributed by atoms with van der Waals surface area (Å²) in [4.78, 5) is 21.0. The second-order valence-electron chi connectivity index (χ2n) is 6.24. The van der Waals surface area contributed by atoms with E-state index in [1.54, 1.807) is 13.2 Å². The quantitative estimate of drug-likeness (QED) is 0.446. The van der Waals surface area contributed by atoms with Gasteiger partial charge in [0.05, 0.1) is 29.6 Å². The summed E-state index contributed by atoms with van der Waals surface area (Å²) in [5.41, 5.74) is 9.35. The number of ether oxygens (including phenoxy) is 1. The maximum absolute atomic E-state index is 12.3. The van der Waals surface area contributed by atoms with Crippen LogP contribution in [0.3, 0.4) is 0 Å². The first-order valence-electron chi connectivity index (χ1n) is 8.68. The number of hydrogen-bond donors (Lipinski definition) is 2. The van der Waals surface area contributed by atoms with Gasteiger partial charge in [-0.1, -0.05) is 13.0 Å². The molecule has 0 radical (unpaired) electrons. The van der Waals surface area contributed by atoms with Gasteiger partial charge in [-0.3, -0.25) is 4.79 Å². The predicted molar refractivity (Wildman–Crippen MR) is 117 cm³/mol. The standard InChI is InChI=1S/C19H22N5O2PS/c1-5-15(25)12-10-21-16(20)9-14(12)22-13-8-6-7-11(17(13)26-2)18-23-19(24-28-18)27(3)4/h6-10H,5H2,1-4H3,(H3,20,21,22). The van der Waals surface area contributed by atoms with Gasteiger partial charge < -0.3 is 15.8 Å². The second kappa shape index (κ2) is 8.63. The molecular formula is C19H22N5O2PS. The molecule has 0 spiro atoms. The number of nitrogens with one attached hydrogen (secondary N) is 1. The molecule has 0 saturated carbocycles. The molecule has 3 N–H and O–H groups in total. The van der Waals surface area contributed by atoms with Crippen LogP contribution < -0.4 is 21.4 Å². The molecule has 0 bridgehead atoms. The Labute approximate surface area is 169 Å². The number of aromatic nitrogens is 3. The van der Waals surface area contributed by atoms with Gasteiger partial charge in [-0.2, -0.15) is 4.37 Å². The minimum absolute atomic E-state index is 0.0156. The number of nitrogens with two attached hydrogens (primary N) is 1. The lowest BCUT2D eigenvalue weighted by Gasteiger charge is -2.16. The number of para-hydroxylation sites is 1. The average Bonchev–Trinajstić information content (AvgIpc) is 3.18. The van der Waals surface area contributed by atoms with Gasteiger partial charge >= 0.3 is 0 Å². The fourth-order valence-corrected chi connectivity index (χ4v) is 4.40. The fourth-order valence-electron chi connectivity index (χ4n) is 2.66. The molecule has 0 aliphatic carbocycles. The van der Waals surface area contributed by atoms with E-state index in [9.17, 15) is 4.79 Å². The summed E-state index contributed by atoms with van der Waals surface area (Å²) in [5.74, 6) is 0.948. The van der Waals surface area contributed by atoms with Crippen LogP contribution in [0.15, 0.2) is 30.5 Å². The average molecular weight is 415 g/mol. The number of ketones is 1. The summed E-state index contributed by atoms with van der Waals surface area (Å²) in [5, 5.41) is 4.08. The third-order valence-electron chi connectivity index (χ3n) is 4.08. The van der Waals surface area contributed by atoms with E-state index in [0.29, 0.717) is 34.9 Å². The van der Waals surface area contributed by atoms with Crippen molar-refractivity contribution < 1.29 is 9.53 Å². The first kappa shape index (κ1) is 20.2. The van der Waals surface area contributed by atoms with Crippen molar-refractivity contribution in [3.8, 4) is 16.3 Å². The minimum atomic E-state index is -0.370. The van der Waals surface area contributed by atoms with Crippen molar-refractivity contribution in [1.82, 2.24) is 14.3 Å². The maximum atomic E-state index is 12.3. The highest BCUT2D eigenvalue weighted by molar-refractivity contribution is 7.63. The lowest BCUT2D eigenvalue weighted by molar-refractivity contribution is 0.0988. The Morgan fingerprint density at radius 1 is 1.32 bits per heavy atom. The first-order valence-corrected chi connectivity index (χ1v) is 11.7. The lowest BCUT2D eigenvalue weighted by atomic mass is 10.1. The maximum Gasteiger partial charge on any atom is 0.166 e. The summed E-state index contributed by atoms with van der Waals surface area (Å²) in [7, 11) is 1.24. The van der Waals surface area contributed by atoms with Crippen LogP contribution in [-0.2, 0) is 0 Å². The molecule has 0 saturated heterocycles. The van der Waals surface area contributed by atoms with E-state index >= 15 is 0 Å². The summed E-state index contributed by atoms with van der Waals surface area (Å²) in [6, 6.07) is 7.39. The van der Waals surface area contributed by atoms with Crippen molar-refractivity contribution in [2.45, 2.75) is 13.3 Å². The third kappa shape index (κ3) is 4.13. The molecule has 9 heteroatoms. The van der Waals surface area contributed by atoms with Crippen LogP contribution in [0.1, 0.15) is 23.7 Å². The molecule has 28 heavy (non-hydrogen) atoms. The van der Waals surface area contributed by atoms with Crippen molar-refractivity contribution in [2.75, 3.05) is 31.5 Å². The van der Waals surface area contributed by atoms with Crippen LogP contribution in [0.5, 0.6) is 5.75 Å². The Kier molecular flexibility index (Phi) is 6.21. The molecule has 146 valence electrons. The van der Waals surface area contributed by atoms with E-state index in [0.717, 1.165) is 16.1 Å². The minimum Gasteiger partial charge on any atom is -0.494 e. The summed E-state index contributed by atoms with van der Waals surface area (Å²) >= 11 is 1.35. The number of rotatable bonds is 7. The second-order valence-corrected chi connectivity index (χ2v) is 9.18. The Hall–Kier alpha value is -2.57. The third-order valence-corrected chi connectivity index (χ3v) is 5.96. The zero-order valence-corrected chi connectivity index (χ0v) is 17.9. The Bertz CT molecular complexity index is 1010. The van der Waals surface area contributed by atoms with Gasteiger partial charge in [-0.15, -0.1) is 0 Å². The monoisotopic (exact) mass is 415 g/mol. The molecule has 0 fully saturated rings. The summed E-state index contributed by atoms with van der Waals surface area (Å²) < 4.78 is 10.1. The van der Waals surface area contributed by atoms with Crippen LogP contribution in [0.4, 0.5) is 17.2 Å². The van der Waals surface area contributed by atoms with Gasteiger partial charge in [0, 0.05) is 18.7 Å². The van der Waals surface area contributed by atoms with Crippen LogP contribution in [0.2, 0.25) is 0 Å². The molecule has 7 nitrogen and oxygen atoms in total. The number of benzene rings is 1. The number of anilines is 3. The van der Waals surface area contributed by atoms with Crippen molar-refractivity contribution in [1.29, 1.82) is 0 Å². The van der Waals surface area contributed by atoms with E-state index in [1.165, 1.54) is 17.7 Å². The number of Topliss-reactive ketones (excluding diaryl/α,β-unsaturated/α-hetero) is 1.